The van der Waals surface area contributed by atoms with E-state index in [9.17, 15) is 0 Å². The minimum absolute atomic E-state index is 0. The molecule has 4 unspecified atom stereocenters. The summed E-state index contributed by atoms with van der Waals surface area (Å²) in [5.74, 6) is 2.19. The van der Waals surface area contributed by atoms with Crippen molar-refractivity contribution in [2.45, 2.75) is 52.6 Å². The molecule has 0 saturated heterocycles. The topological polar surface area (TPSA) is 0 Å². The normalized spacial score (nSPS) is 34.2. The van der Waals surface area contributed by atoms with Crippen LogP contribution in [0.1, 0.15) is 39.5 Å². The van der Waals surface area contributed by atoms with Gasteiger partial charge in [0, 0.05) is 34.3 Å². The van der Waals surface area contributed by atoms with Crippen molar-refractivity contribution < 1.29 is 50.7 Å². The average molecular weight is 571 g/mol. The molecule has 0 N–H and O–H groups in total. The van der Waals surface area contributed by atoms with Gasteiger partial charge in [0.05, 0.1) is 0 Å². The fraction of sp³-hybridized carbons (Fsp3) is 0.545. The van der Waals surface area contributed by atoms with Gasteiger partial charge in [-0.3, -0.25) is 0 Å². The monoisotopic (exact) mass is 571 g/mol. The Morgan fingerprint density at radius 2 is 1.81 bits per heavy atom. The largest absolute Gasteiger partial charge is 1.00 e. The number of hydrogen-bond donors (Lipinski definition) is 0. The van der Waals surface area contributed by atoms with Crippen LogP contribution in [0.3, 0.4) is 0 Å². The summed E-state index contributed by atoms with van der Waals surface area (Å²) in [6, 6.07) is 0. The second-order valence-electron chi connectivity index (χ2n) is 8.13. The molecule has 0 amide bonds. The summed E-state index contributed by atoms with van der Waals surface area (Å²) >= 11 is 0. The smallest absolute Gasteiger partial charge is 0.000292 e. The van der Waals surface area contributed by atoms with Crippen LogP contribution in [-0.4, -0.2) is 13.6 Å². The molecule has 2 fully saturated rings. The van der Waals surface area contributed by atoms with Crippen molar-refractivity contribution in [3.63, 3.8) is 0 Å². The first-order chi connectivity index (χ1) is 11.1. The molecule has 0 nitrogen and oxygen atoms in total. The molecule has 4 aliphatic rings. The summed E-state index contributed by atoms with van der Waals surface area (Å²) in [6.45, 7) is 9.74. The zero-order chi connectivity index (χ0) is 16.2. The van der Waals surface area contributed by atoms with E-state index in [1.54, 1.807) is 11.1 Å². The van der Waals surface area contributed by atoms with Crippen LogP contribution >= 0.6 is 0 Å². The molecule has 0 aliphatic heterocycles. The summed E-state index contributed by atoms with van der Waals surface area (Å²) < 4.78 is 0. The molecule has 26 heavy (non-hydrogen) atoms. The van der Waals surface area contributed by atoms with Crippen molar-refractivity contribution in [3.8, 4) is 0 Å². The number of rotatable bonds is 1. The van der Waals surface area contributed by atoms with Gasteiger partial charge >= 0.3 is 0 Å². The van der Waals surface area contributed by atoms with E-state index in [1.807, 2.05) is 5.17 Å². The zero-order valence-corrected chi connectivity index (χ0v) is 22.4. The Morgan fingerprint density at radius 1 is 1.12 bits per heavy atom. The van der Waals surface area contributed by atoms with Gasteiger partial charge in [0.1, 0.15) is 0 Å². The van der Waals surface area contributed by atoms with Crippen LogP contribution in [-0.2, 0) is 25.8 Å². The van der Waals surface area contributed by atoms with Gasteiger partial charge in [-0.2, -0.15) is 0 Å². The van der Waals surface area contributed by atoms with Crippen LogP contribution in [0.4, 0.5) is 0 Å². The van der Waals surface area contributed by atoms with Crippen molar-refractivity contribution in [1.29, 1.82) is 0 Å². The van der Waals surface area contributed by atoms with Crippen molar-refractivity contribution >= 4 is 13.6 Å². The maximum atomic E-state index is 2.79. The Balaban J connectivity index is 0.00000113. The van der Waals surface area contributed by atoms with Gasteiger partial charge in [-0.15, -0.1) is 22.6 Å². The van der Waals surface area contributed by atoms with E-state index in [0.717, 1.165) is 11.8 Å². The summed E-state index contributed by atoms with van der Waals surface area (Å²) in [7, 11) is -0.385. The van der Waals surface area contributed by atoms with E-state index < -0.39 is 0 Å². The average Bonchev–Trinajstić information content (AvgIpc) is 3.05. The Hall–Kier alpha value is 0.497. The van der Waals surface area contributed by atoms with Gasteiger partial charge in [0.15, 0.2) is 0 Å². The molecule has 4 rings (SSSR count). The molecule has 0 radical (unpaired) electrons. The molecule has 0 spiro atoms. The molecule has 4 atom stereocenters. The van der Waals surface area contributed by atoms with Crippen LogP contribution in [0.15, 0.2) is 47.1 Å². The maximum absolute atomic E-state index is 2.79. The minimum atomic E-state index is -0.385. The molecule has 0 aromatic heterocycles. The molecule has 4 aliphatic carbocycles. The van der Waals surface area contributed by atoms with E-state index in [0.29, 0.717) is 11.3 Å². The van der Waals surface area contributed by atoms with Gasteiger partial charge in [0.2, 0.25) is 0 Å². The summed E-state index contributed by atoms with van der Waals surface area (Å²) in [5.41, 5.74) is 5.19. The van der Waals surface area contributed by atoms with E-state index in [1.165, 1.54) is 31.3 Å². The van der Waals surface area contributed by atoms with E-state index >= 15 is 0 Å². The van der Waals surface area contributed by atoms with Crippen LogP contribution in [0.2, 0.25) is 13.1 Å². The van der Waals surface area contributed by atoms with E-state index in [4.69, 9.17) is 0 Å². The Bertz CT molecular complexity index is 697. The number of allylic oxidation sites excluding steroid dienone is 8. The summed E-state index contributed by atoms with van der Waals surface area (Å²) in [6.07, 6.45) is 20.2. The predicted octanol–water partition coefficient (Wildman–Crippen LogP) is -0.470. The SMILES string of the molecule is CC1=CCC(C23[CH-]C4C=CC=CC4C2CCCC3=[Si](C)C)=C1C.[Cl-].[Cl-].[Hf]. The van der Waals surface area contributed by atoms with Gasteiger partial charge < -0.3 is 31.2 Å². The Labute approximate surface area is 192 Å². The molecular weight excluding hydrogens is 542 g/mol. The van der Waals surface area contributed by atoms with Crippen molar-refractivity contribution in [3.05, 3.63) is 53.5 Å². The molecule has 0 heterocycles. The summed E-state index contributed by atoms with van der Waals surface area (Å²) in [5, 5.41) is 1.92. The number of fused-ring (bicyclic) bond motifs is 3. The van der Waals surface area contributed by atoms with E-state index in [2.05, 4.69) is 63.7 Å². The van der Waals surface area contributed by atoms with Crippen molar-refractivity contribution in [2.75, 3.05) is 0 Å². The van der Waals surface area contributed by atoms with Crippen LogP contribution < -0.4 is 24.8 Å². The molecule has 4 heteroatoms. The first-order valence-corrected chi connectivity index (χ1v) is 11.8. The fourth-order valence-electron chi connectivity index (χ4n) is 5.84. The van der Waals surface area contributed by atoms with Crippen molar-refractivity contribution in [1.82, 2.24) is 0 Å². The quantitative estimate of drug-likeness (QED) is 0.296. The molecular formula is C22H29Cl2HfSi-3. The molecule has 2 saturated carbocycles. The minimum Gasteiger partial charge on any atom is -1.00 e. The molecule has 0 aromatic carbocycles. The van der Waals surface area contributed by atoms with Crippen LogP contribution in [0.25, 0.3) is 0 Å². The predicted molar refractivity (Wildman–Crippen MR) is 103 cm³/mol. The summed E-state index contributed by atoms with van der Waals surface area (Å²) in [4.78, 5) is 0. The van der Waals surface area contributed by atoms with Gasteiger partial charge in [-0.05, 0) is 39.0 Å². The van der Waals surface area contributed by atoms with Crippen LogP contribution in [0, 0.1) is 29.6 Å². The standard InChI is InChI=1S/C22H29Si.2ClH.Hf/c1-15-12-13-19(16(15)2)22-14-17-8-5-6-9-18(17)20(22)10-7-11-21(22)23(3)4;;;/h5-6,8-9,12,14,17-18,20H,7,10-11,13H2,1-4H3;2*1H;/q-1;;;/p-2. The first kappa shape index (κ1) is 24.5. The third kappa shape index (κ3) is 3.58. The van der Waals surface area contributed by atoms with Crippen LogP contribution in [0.5, 0.6) is 0 Å². The first-order valence-electron chi connectivity index (χ1n) is 9.31. The number of halogens is 2. The Morgan fingerprint density at radius 3 is 2.42 bits per heavy atom. The maximum Gasteiger partial charge on any atom is 0.000292 e. The fourth-order valence-corrected chi connectivity index (χ4v) is 7.76. The van der Waals surface area contributed by atoms with Gasteiger partial charge in [0.25, 0.3) is 0 Å². The Kier molecular flexibility index (Phi) is 8.80. The third-order valence-electron chi connectivity index (χ3n) is 6.93. The second kappa shape index (κ2) is 9.33. The molecule has 142 valence electrons. The number of hydrogen-bond acceptors (Lipinski definition) is 0. The molecule has 0 bridgehead atoms. The van der Waals surface area contributed by atoms with Gasteiger partial charge in [-0.25, -0.2) is 0 Å². The molecule has 0 aromatic rings. The van der Waals surface area contributed by atoms with Crippen molar-refractivity contribution in [2.24, 2.45) is 23.2 Å². The van der Waals surface area contributed by atoms with Gasteiger partial charge in [-0.1, -0.05) is 66.5 Å². The zero-order valence-electron chi connectivity index (χ0n) is 16.3. The second-order valence-corrected chi connectivity index (χ2v) is 10.7. The van der Waals surface area contributed by atoms with E-state index in [-0.39, 0.29) is 59.1 Å². The third-order valence-corrected chi connectivity index (χ3v) is 8.80.